The van der Waals surface area contributed by atoms with E-state index in [9.17, 15) is 0 Å². The predicted molar refractivity (Wildman–Crippen MR) is 141 cm³/mol. The van der Waals surface area contributed by atoms with Crippen LogP contribution < -0.4 is 0 Å². The van der Waals surface area contributed by atoms with Crippen molar-refractivity contribution in [2.24, 2.45) is 5.41 Å². The molecule has 1 unspecified atom stereocenters. The highest BCUT2D eigenvalue weighted by molar-refractivity contribution is 5.85. The van der Waals surface area contributed by atoms with Gasteiger partial charge in [0.2, 0.25) is 5.89 Å². The fourth-order valence-corrected chi connectivity index (χ4v) is 6.97. The summed E-state index contributed by atoms with van der Waals surface area (Å²) in [7, 11) is 0. The lowest BCUT2D eigenvalue weighted by Gasteiger charge is -2.55. The van der Waals surface area contributed by atoms with Crippen LogP contribution in [0, 0.1) is 5.41 Å². The van der Waals surface area contributed by atoms with E-state index in [0.29, 0.717) is 12.0 Å². The molecule has 36 heavy (non-hydrogen) atoms. The Morgan fingerprint density at radius 1 is 1.17 bits per heavy atom. The van der Waals surface area contributed by atoms with E-state index >= 15 is 4.39 Å². The minimum Gasteiger partial charge on any atom is -0.439 e. The summed E-state index contributed by atoms with van der Waals surface area (Å²) in [5, 5.41) is 1.27. The molecule has 1 spiro atoms. The van der Waals surface area contributed by atoms with Crippen molar-refractivity contribution in [1.29, 1.82) is 0 Å². The summed E-state index contributed by atoms with van der Waals surface area (Å²) < 4.78 is 21.2. The zero-order chi connectivity index (χ0) is 24.7. The number of nitrogens with zero attached hydrogens (tertiary/aromatic N) is 3. The quantitative estimate of drug-likeness (QED) is 0.356. The maximum absolute atomic E-state index is 15.0. The molecule has 5 nitrogen and oxygen atoms in total. The standard InChI is InChI=1S/C30H35FN4O/c1-19-13-22-21-7-4-5-8-23(21)33-27(22)28(35(19)16-29(2,3)31)20-9-10-25-24(14-20)32-26(36-25)15-34-17-30(18-34)11-6-12-30/h4-5,7-10,14,19,28,33H,6,11-13,15-18H2,1-3H3/t19-,28?/m1/s1. The molecule has 1 saturated carbocycles. The summed E-state index contributed by atoms with van der Waals surface area (Å²) in [5.74, 6) is 0.793. The molecule has 2 atom stereocenters. The van der Waals surface area contributed by atoms with Crippen LogP contribution in [-0.2, 0) is 13.0 Å². The van der Waals surface area contributed by atoms with Gasteiger partial charge in [-0.3, -0.25) is 9.80 Å². The maximum atomic E-state index is 15.0. The fourth-order valence-electron chi connectivity index (χ4n) is 6.97. The van der Waals surface area contributed by atoms with Crippen LogP contribution in [0.5, 0.6) is 0 Å². The zero-order valence-corrected chi connectivity index (χ0v) is 21.5. The van der Waals surface area contributed by atoms with Crippen molar-refractivity contribution >= 4 is 22.0 Å². The third kappa shape index (κ3) is 3.69. The number of oxazole rings is 1. The first-order valence-corrected chi connectivity index (χ1v) is 13.4. The van der Waals surface area contributed by atoms with Crippen LogP contribution in [0.4, 0.5) is 4.39 Å². The molecule has 2 aromatic carbocycles. The number of para-hydroxylation sites is 1. The first-order valence-electron chi connectivity index (χ1n) is 13.4. The normalized spacial score (nSPS) is 24.2. The summed E-state index contributed by atoms with van der Waals surface area (Å²) in [5.41, 5.74) is 5.81. The van der Waals surface area contributed by atoms with Crippen LogP contribution >= 0.6 is 0 Å². The van der Waals surface area contributed by atoms with Gasteiger partial charge in [0.1, 0.15) is 11.2 Å². The highest BCUT2D eigenvalue weighted by atomic mass is 19.1. The van der Waals surface area contributed by atoms with Gasteiger partial charge < -0.3 is 9.40 Å². The lowest BCUT2D eigenvalue weighted by molar-refractivity contribution is -0.0677. The maximum Gasteiger partial charge on any atom is 0.209 e. The Morgan fingerprint density at radius 3 is 2.72 bits per heavy atom. The highest BCUT2D eigenvalue weighted by Crippen LogP contribution is 2.48. The van der Waals surface area contributed by atoms with E-state index < -0.39 is 5.67 Å². The average Bonchev–Trinajstić information content (AvgIpc) is 3.34. The van der Waals surface area contributed by atoms with E-state index in [2.05, 4.69) is 58.1 Å². The lowest BCUT2D eigenvalue weighted by Crippen LogP contribution is -2.58. The Morgan fingerprint density at radius 2 is 1.97 bits per heavy atom. The van der Waals surface area contributed by atoms with E-state index in [-0.39, 0.29) is 12.1 Å². The number of nitrogens with one attached hydrogen (secondary N) is 1. The molecule has 2 fully saturated rings. The molecule has 2 aromatic heterocycles. The van der Waals surface area contributed by atoms with E-state index in [4.69, 9.17) is 9.40 Å². The van der Waals surface area contributed by atoms with Gasteiger partial charge in [-0.25, -0.2) is 9.37 Å². The molecule has 7 rings (SSSR count). The number of hydrogen-bond donors (Lipinski definition) is 1. The van der Waals surface area contributed by atoms with E-state index in [1.807, 2.05) is 6.07 Å². The van der Waals surface area contributed by atoms with Gasteiger partial charge in [0.25, 0.3) is 0 Å². The number of hydrogen-bond acceptors (Lipinski definition) is 4. The molecule has 3 aliphatic rings. The molecular formula is C30H35FN4O. The summed E-state index contributed by atoms with van der Waals surface area (Å²) in [6.07, 6.45) is 5.04. The van der Waals surface area contributed by atoms with Gasteiger partial charge in [-0.1, -0.05) is 30.7 Å². The molecule has 0 amide bonds. The Kier molecular flexibility index (Phi) is 4.93. The van der Waals surface area contributed by atoms with Crippen LogP contribution in [0.3, 0.4) is 0 Å². The van der Waals surface area contributed by atoms with Crippen molar-refractivity contribution < 1.29 is 8.81 Å². The number of aromatic nitrogens is 2. The summed E-state index contributed by atoms with van der Waals surface area (Å²) in [4.78, 5) is 13.4. The Hall–Kier alpha value is -2.70. The summed E-state index contributed by atoms with van der Waals surface area (Å²) in [6, 6.07) is 15.0. The van der Waals surface area contributed by atoms with Gasteiger partial charge in [-0.15, -0.1) is 0 Å². The van der Waals surface area contributed by atoms with Gasteiger partial charge in [-0.2, -0.15) is 0 Å². The fraction of sp³-hybridized carbons (Fsp3) is 0.500. The Labute approximate surface area is 211 Å². The third-order valence-electron chi connectivity index (χ3n) is 8.74. The number of aromatic amines is 1. The van der Waals surface area contributed by atoms with E-state index in [0.717, 1.165) is 41.0 Å². The molecular weight excluding hydrogens is 451 g/mol. The van der Waals surface area contributed by atoms with Crippen molar-refractivity contribution in [3.05, 3.63) is 65.2 Å². The molecule has 0 radical (unpaired) electrons. The first kappa shape index (κ1) is 22.5. The zero-order valence-electron chi connectivity index (χ0n) is 21.5. The Bertz CT molecular complexity index is 1430. The second-order valence-electron chi connectivity index (χ2n) is 12.2. The minimum absolute atomic E-state index is 0.0652. The Balaban J connectivity index is 1.25. The van der Waals surface area contributed by atoms with Crippen LogP contribution in [0.15, 0.2) is 46.9 Å². The molecule has 0 bridgehead atoms. The lowest BCUT2D eigenvalue weighted by atomic mass is 9.63. The molecule has 6 heteroatoms. The van der Waals surface area contributed by atoms with E-state index in [1.165, 1.54) is 49.0 Å². The van der Waals surface area contributed by atoms with Crippen molar-refractivity contribution in [2.75, 3.05) is 19.6 Å². The van der Waals surface area contributed by atoms with Crippen LogP contribution in [0.1, 0.15) is 68.8 Å². The van der Waals surface area contributed by atoms with Gasteiger partial charge in [0.05, 0.1) is 12.6 Å². The average molecular weight is 487 g/mol. The SMILES string of the molecule is C[C@@H]1Cc2c([nH]c3ccccc23)C(c2ccc3oc(CN4CC5(CCC5)C4)nc3c2)N1CC(C)(C)F. The smallest absolute Gasteiger partial charge is 0.209 e. The number of rotatable bonds is 5. The first-order chi connectivity index (χ1) is 17.3. The summed E-state index contributed by atoms with van der Waals surface area (Å²) >= 11 is 0. The van der Waals surface area contributed by atoms with Gasteiger partial charge in [-0.05, 0) is 74.8 Å². The monoisotopic (exact) mass is 486 g/mol. The molecule has 1 N–H and O–H groups in total. The van der Waals surface area contributed by atoms with Gasteiger partial charge >= 0.3 is 0 Å². The molecule has 188 valence electrons. The number of alkyl halides is 1. The predicted octanol–water partition coefficient (Wildman–Crippen LogP) is 6.38. The minimum atomic E-state index is -1.30. The molecule has 2 aliphatic heterocycles. The van der Waals surface area contributed by atoms with Gasteiger partial charge in [0.15, 0.2) is 5.58 Å². The van der Waals surface area contributed by atoms with Crippen molar-refractivity contribution in [3.8, 4) is 0 Å². The number of H-pyrrole nitrogens is 1. The number of likely N-dealkylation sites (tertiary alicyclic amines) is 1. The van der Waals surface area contributed by atoms with Crippen molar-refractivity contribution in [2.45, 2.75) is 70.8 Å². The second-order valence-corrected chi connectivity index (χ2v) is 12.2. The van der Waals surface area contributed by atoms with Crippen LogP contribution in [0.2, 0.25) is 0 Å². The largest absolute Gasteiger partial charge is 0.439 e. The number of benzene rings is 2. The second kappa shape index (κ2) is 7.90. The number of halogens is 1. The molecule has 1 aliphatic carbocycles. The van der Waals surface area contributed by atoms with Gasteiger partial charge in [0, 0.05) is 42.3 Å². The van der Waals surface area contributed by atoms with Crippen LogP contribution in [-0.4, -0.2) is 51.1 Å². The van der Waals surface area contributed by atoms with Crippen LogP contribution in [0.25, 0.3) is 22.0 Å². The highest BCUT2D eigenvalue weighted by Gasteiger charge is 2.47. The van der Waals surface area contributed by atoms with Crippen molar-refractivity contribution in [1.82, 2.24) is 19.8 Å². The van der Waals surface area contributed by atoms with Crippen molar-refractivity contribution in [3.63, 3.8) is 0 Å². The summed E-state index contributed by atoms with van der Waals surface area (Å²) in [6.45, 7) is 9.07. The molecule has 4 heterocycles. The van der Waals surface area contributed by atoms with E-state index in [1.54, 1.807) is 13.8 Å². The number of fused-ring (bicyclic) bond motifs is 4. The topological polar surface area (TPSA) is 48.3 Å². The molecule has 4 aromatic rings. The molecule has 1 saturated heterocycles. The third-order valence-corrected chi connectivity index (χ3v) is 8.74.